The van der Waals surface area contributed by atoms with Gasteiger partial charge in [0.1, 0.15) is 4.47 Å². The van der Waals surface area contributed by atoms with Gasteiger partial charge in [-0.25, -0.2) is 4.68 Å². The Morgan fingerprint density at radius 1 is 1.40 bits per heavy atom. The van der Waals surface area contributed by atoms with Crippen LogP contribution in [0.1, 0.15) is 24.4 Å². The lowest BCUT2D eigenvalue weighted by Crippen LogP contribution is -2.28. The summed E-state index contributed by atoms with van der Waals surface area (Å²) < 4.78 is 1.91. The molecule has 6 heteroatoms. The Hall–Kier alpha value is -1.69. The maximum atomic E-state index is 12.0. The van der Waals surface area contributed by atoms with E-state index < -0.39 is 0 Å². The topological polar surface area (TPSA) is 51.0 Å². The summed E-state index contributed by atoms with van der Waals surface area (Å²) in [5.41, 5.74) is 1.93. The molecule has 1 atom stereocenters. The number of halogens is 1. The summed E-state index contributed by atoms with van der Waals surface area (Å²) in [5.74, 6) is 0. The second kappa shape index (κ2) is 5.36. The normalized spacial score (nSPS) is 18.5. The number of rotatable bonds is 2. The Bertz CT molecular complexity index is 671. The molecule has 1 aliphatic heterocycles. The lowest BCUT2D eigenvalue weighted by Gasteiger charge is -2.27. The van der Waals surface area contributed by atoms with Crippen molar-refractivity contribution in [3.8, 4) is 0 Å². The zero-order valence-electron chi connectivity index (χ0n) is 11.2. The van der Waals surface area contributed by atoms with Crippen molar-refractivity contribution in [1.82, 2.24) is 14.8 Å². The average molecular weight is 335 g/mol. The maximum Gasteiger partial charge on any atom is 0.282 e. The smallest absolute Gasteiger partial charge is 0.282 e. The van der Waals surface area contributed by atoms with Crippen LogP contribution in [0.5, 0.6) is 0 Å². The lowest BCUT2D eigenvalue weighted by molar-refractivity contribution is 0.679. The third-order valence-corrected chi connectivity index (χ3v) is 4.44. The first-order valence-electron chi connectivity index (χ1n) is 6.57. The molecule has 5 nitrogen and oxygen atoms in total. The molecule has 1 aliphatic rings. The van der Waals surface area contributed by atoms with Crippen molar-refractivity contribution in [3.63, 3.8) is 0 Å². The van der Waals surface area contributed by atoms with E-state index >= 15 is 0 Å². The number of nitrogens with zero attached hydrogens (tertiary/aromatic N) is 4. The predicted octanol–water partition coefficient (Wildman–Crippen LogP) is 2.28. The second-order valence-corrected chi connectivity index (χ2v) is 5.70. The van der Waals surface area contributed by atoms with Crippen LogP contribution in [0, 0.1) is 0 Å². The van der Waals surface area contributed by atoms with Crippen molar-refractivity contribution < 1.29 is 0 Å². The van der Waals surface area contributed by atoms with Gasteiger partial charge in [0.2, 0.25) is 0 Å². The highest BCUT2D eigenvalue weighted by Gasteiger charge is 2.28. The van der Waals surface area contributed by atoms with Gasteiger partial charge in [-0.1, -0.05) is 6.07 Å². The maximum absolute atomic E-state index is 12.0. The van der Waals surface area contributed by atoms with Crippen LogP contribution in [0.2, 0.25) is 0 Å². The van der Waals surface area contributed by atoms with Gasteiger partial charge in [-0.15, -0.1) is 0 Å². The highest BCUT2D eigenvalue weighted by Crippen LogP contribution is 2.37. The van der Waals surface area contributed by atoms with Crippen molar-refractivity contribution in [2.75, 3.05) is 11.4 Å². The summed E-state index contributed by atoms with van der Waals surface area (Å²) in [6.07, 6.45) is 7.58. The van der Waals surface area contributed by atoms with E-state index in [2.05, 4.69) is 37.0 Å². The molecule has 20 heavy (non-hydrogen) atoms. The molecular formula is C14H15BrN4O. The molecule has 0 bridgehead atoms. The van der Waals surface area contributed by atoms with E-state index in [1.165, 1.54) is 10.2 Å². The highest BCUT2D eigenvalue weighted by molar-refractivity contribution is 9.10. The van der Waals surface area contributed by atoms with Crippen molar-refractivity contribution in [3.05, 3.63) is 51.1 Å². The lowest BCUT2D eigenvalue weighted by atomic mass is 10.1. The van der Waals surface area contributed by atoms with Gasteiger partial charge < -0.3 is 4.90 Å². The van der Waals surface area contributed by atoms with E-state index in [4.69, 9.17) is 0 Å². The minimum Gasteiger partial charge on any atom is -0.362 e. The summed E-state index contributed by atoms with van der Waals surface area (Å²) in [4.78, 5) is 18.4. The summed E-state index contributed by atoms with van der Waals surface area (Å²) >= 11 is 3.41. The third kappa shape index (κ3) is 2.24. The van der Waals surface area contributed by atoms with Gasteiger partial charge in [0.25, 0.3) is 5.56 Å². The molecule has 2 aromatic rings. The number of hydrogen-bond donors (Lipinski definition) is 0. The quantitative estimate of drug-likeness (QED) is 0.845. The van der Waals surface area contributed by atoms with Crippen molar-refractivity contribution >= 4 is 21.6 Å². The zero-order valence-corrected chi connectivity index (χ0v) is 12.7. The first-order valence-corrected chi connectivity index (χ1v) is 7.36. The first kappa shape index (κ1) is 13.3. The fourth-order valence-electron chi connectivity index (χ4n) is 2.68. The van der Waals surface area contributed by atoms with Crippen LogP contribution in [0.4, 0.5) is 5.69 Å². The molecule has 0 amide bonds. The van der Waals surface area contributed by atoms with Gasteiger partial charge in [-0.3, -0.25) is 9.78 Å². The number of aromatic nitrogens is 3. The Morgan fingerprint density at radius 2 is 2.25 bits per heavy atom. The van der Waals surface area contributed by atoms with Crippen molar-refractivity contribution in [1.29, 1.82) is 0 Å². The summed E-state index contributed by atoms with van der Waals surface area (Å²) in [6.45, 7) is 0.924. The van der Waals surface area contributed by atoms with E-state index in [-0.39, 0.29) is 11.6 Å². The van der Waals surface area contributed by atoms with Gasteiger partial charge in [0, 0.05) is 26.0 Å². The molecule has 0 saturated carbocycles. The predicted molar refractivity (Wildman–Crippen MR) is 80.7 cm³/mol. The summed E-state index contributed by atoms with van der Waals surface area (Å²) in [6, 6.07) is 4.29. The van der Waals surface area contributed by atoms with Gasteiger partial charge in [-0.2, -0.15) is 5.10 Å². The molecule has 1 unspecified atom stereocenters. The van der Waals surface area contributed by atoms with Crippen LogP contribution < -0.4 is 10.5 Å². The molecule has 3 heterocycles. The monoisotopic (exact) mass is 334 g/mol. The van der Waals surface area contributed by atoms with Gasteiger partial charge in [-0.05, 0) is 40.4 Å². The number of pyridine rings is 1. The van der Waals surface area contributed by atoms with Crippen LogP contribution in [0.15, 0.2) is 40.0 Å². The Morgan fingerprint density at radius 3 is 3.00 bits per heavy atom. The standard InChI is InChI=1S/C14H15BrN4O/c1-18-14(20)13(15)12(9-17-18)19-7-3-5-11(19)10-4-2-6-16-8-10/h2,4,6,8-9,11H,3,5,7H2,1H3. The molecule has 0 spiro atoms. The van der Waals surface area contributed by atoms with E-state index in [0.717, 1.165) is 25.1 Å². The van der Waals surface area contributed by atoms with Crippen LogP contribution in [-0.4, -0.2) is 21.3 Å². The van der Waals surface area contributed by atoms with E-state index in [9.17, 15) is 4.79 Å². The average Bonchev–Trinajstić information content (AvgIpc) is 2.95. The van der Waals surface area contributed by atoms with Gasteiger partial charge in [0.15, 0.2) is 0 Å². The second-order valence-electron chi connectivity index (χ2n) is 4.91. The van der Waals surface area contributed by atoms with Crippen LogP contribution in [0.3, 0.4) is 0 Å². The Labute approximate surface area is 125 Å². The zero-order chi connectivity index (χ0) is 14.1. The minimum atomic E-state index is -0.112. The molecule has 0 aliphatic carbocycles. The molecule has 3 rings (SSSR count). The fraction of sp³-hybridized carbons (Fsp3) is 0.357. The SMILES string of the molecule is Cn1ncc(N2CCCC2c2cccnc2)c(Br)c1=O. The molecule has 2 aromatic heterocycles. The molecule has 104 valence electrons. The molecule has 1 saturated heterocycles. The Balaban J connectivity index is 2.02. The van der Waals surface area contributed by atoms with Crippen LogP contribution in [0.25, 0.3) is 0 Å². The largest absolute Gasteiger partial charge is 0.362 e. The summed E-state index contributed by atoms with van der Waals surface area (Å²) in [7, 11) is 1.65. The molecule has 1 fully saturated rings. The van der Waals surface area contributed by atoms with Crippen molar-refractivity contribution in [2.24, 2.45) is 7.05 Å². The molecule has 0 radical (unpaired) electrons. The number of aryl methyl sites for hydroxylation is 1. The fourth-order valence-corrected chi connectivity index (χ4v) is 3.26. The number of hydrogen-bond acceptors (Lipinski definition) is 4. The summed E-state index contributed by atoms with van der Waals surface area (Å²) in [5, 5.41) is 4.13. The van der Waals surface area contributed by atoms with E-state index in [1.807, 2.05) is 12.3 Å². The van der Waals surface area contributed by atoms with Crippen molar-refractivity contribution in [2.45, 2.75) is 18.9 Å². The number of anilines is 1. The van der Waals surface area contributed by atoms with Gasteiger partial charge >= 0.3 is 0 Å². The minimum absolute atomic E-state index is 0.112. The van der Waals surface area contributed by atoms with Gasteiger partial charge in [0.05, 0.1) is 17.9 Å². The molecular weight excluding hydrogens is 320 g/mol. The molecule has 0 N–H and O–H groups in total. The molecule has 0 aromatic carbocycles. The highest BCUT2D eigenvalue weighted by atomic mass is 79.9. The Kier molecular flexibility index (Phi) is 3.56. The van der Waals surface area contributed by atoms with Crippen LogP contribution in [-0.2, 0) is 7.05 Å². The first-order chi connectivity index (χ1) is 9.68. The third-order valence-electron chi connectivity index (χ3n) is 3.69. The van der Waals surface area contributed by atoms with E-state index in [0.29, 0.717) is 4.47 Å². The van der Waals surface area contributed by atoms with Crippen LogP contribution >= 0.6 is 15.9 Å². The van der Waals surface area contributed by atoms with E-state index in [1.54, 1.807) is 19.4 Å².